The summed E-state index contributed by atoms with van der Waals surface area (Å²) in [5, 5.41) is 0.229. The molecule has 9 nitrogen and oxygen atoms in total. The van der Waals surface area contributed by atoms with Crippen molar-refractivity contribution in [2.24, 2.45) is 0 Å². The average Bonchev–Trinajstić information content (AvgIpc) is 3.47. The standard InChI is InChI=1S/C26H24ClFN6O3S/c1-3-4-15-34-25-20(30-26(34)33-37-38(2,35)36)14-13-19(29-25)23-22(16-9-6-5-7-10-16)31-24(32-23)21-17(27)11-8-12-18(21)28/h5-14H,3-4,15H2,1-2H3,(H,30,33)(H,31,32). The third kappa shape index (κ3) is 5.26. The van der Waals surface area contributed by atoms with E-state index in [0.717, 1.165) is 24.7 Å². The van der Waals surface area contributed by atoms with E-state index in [1.54, 1.807) is 22.8 Å². The number of benzene rings is 2. The molecule has 0 radical (unpaired) electrons. The minimum atomic E-state index is -3.75. The fourth-order valence-electron chi connectivity index (χ4n) is 4.07. The Labute approximate surface area is 223 Å². The van der Waals surface area contributed by atoms with E-state index in [-0.39, 0.29) is 22.4 Å². The summed E-state index contributed by atoms with van der Waals surface area (Å²) in [5.74, 6) is -0.0115. The number of fused-ring (bicyclic) bond motifs is 1. The summed E-state index contributed by atoms with van der Waals surface area (Å²) in [6.45, 7) is 2.58. The number of pyridine rings is 1. The summed E-state index contributed by atoms with van der Waals surface area (Å²) in [7, 11) is -3.75. The maximum atomic E-state index is 14.8. The van der Waals surface area contributed by atoms with Crippen molar-refractivity contribution < 1.29 is 17.1 Å². The monoisotopic (exact) mass is 554 g/mol. The molecule has 12 heteroatoms. The second kappa shape index (κ2) is 10.5. The zero-order valence-electron chi connectivity index (χ0n) is 20.6. The van der Waals surface area contributed by atoms with Crippen molar-refractivity contribution in [1.82, 2.24) is 24.5 Å². The molecule has 0 amide bonds. The molecule has 0 saturated heterocycles. The summed E-state index contributed by atoms with van der Waals surface area (Å²) in [6, 6.07) is 17.5. The Kier molecular flexibility index (Phi) is 7.15. The predicted octanol–water partition coefficient (Wildman–Crippen LogP) is 6.05. The fourth-order valence-corrected chi connectivity index (χ4v) is 4.54. The first-order chi connectivity index (χ1) is 18.2. The highest BCUT2D eigenvalue weighted by molar-refractivity contribution is 7.86. The second-order valence-electron chi connectivity index (χ2n) is 8.64. The van der Waals surface area contributed by atoms with E-state index in [4.69, 9.17) is 25.9 Å². The van der Waals surface area contributed by atoms with Gasteiger partial charge in [0.15, 0.2) is 5.65 Å². The van der Waals surface area contributed by atoms with Gasteiger partial charge in [0.2, 0.25) is 5.95 Å². The molecule has 0 unspecified atom stereocenters. The molecule has 0 bridgehead atoms. The molecule has 5 rings (SSSR count). The van der Waals surface area contributed by atoms with E-state index in [1.807, 2.05) is 37.3 Å². The van der Waals surface area contributed by atoms with Gasteiger partial charge in [0, 0.05) is 12.1 Å². The molecular weight excluding hydrogens is 531 g/mol. The van der Waals surface area contributed by atoms with Gasteiger partial charge in [-0.1, -0.05) is 61.3 Å². The van der Waals surface area contributed by atoms with Crippen molar-refractivity contribution >= 4 is 38.8 Å². The lowest BCUT2D eigenvalue weighted by atomic mass is 10.1. The smallest absolute Gasteiger partial charge is 0.285 e. The molecule has 0 atom stereocenters. The molecule has 0 aliphatic heterocycles. The van der Waals surface area contributed by atoms with Crippen LogP contribution in [0.15, 0.2) is 60.7 Å². The molecule has 0 aliphatic carbocycles. The molecule has 2 aromatic carbocycles. The quantitative estimate of drug-likeness (QED) is 0.213. The Hall–Kier alpha value is -3.80. The van der Waals surface area contributed by atoms with Crippen LogP contribution in [-0.2, 0) is 20.9 Å². The maximum Gasteiger partial charge on any atom is 0.285 e. The number of aromatic amines is 1. The molecule has 2 N–H and O–H groups in total. The Morgan fingerprint density at radius 3 is 2.55 bits per heavy atom. The SMILES string of the molecule is CCCCn1c(NOS(C)(=O)=O)nc2ccc(-c3[nH]c(-c4c(F)cccc4Cl)nc3-c3ccccc3)nc21. The number of hydrogen-bond acceptors (Lipinski definition) is 7. The lowest BCUT2D eigenvalue weighted by molar-refractivity contribution is 0.387. The molecule has 0 spiro atoms. The number of nitrogens with zero attached hydrogens (tertiary/aromatic N) is 4. The van der Waals surface area contributed by atoms with Gasteiger partial charge in [0.1, 0.15) is 17.2 Å². The summed E-state index contributed by atoms with van der Waals surface area (Å²) in [5.41, 5.74) is 6.15. The zero-order chi connectivity index (χ0) is 26.9. The number of aromatic nitrogens is 5. The van der Waals surface area contributed by atoms with E-state index < -0.39 is 15.9 Å². The number of unbranched alkanes of at least 4 members (excludes halogenated alkanes) is 1. The first-order valence-electron chi connectivity index (χ1n) is 11.9. The second-order valence-corrected chi connectivity index (χ2v) is 10.6. The van der Waals surface area contributed by atoms with Crippen LogP contribution in [0.1, 0.15) is 19.8 Å². The van der Waals surface area contributed by atoms with Gasteiger partial charge in [-0.2, -0.15) is 8.42 Å². The van der Waals surface area contributed by atoms with Gasteiger partial charge in [0.05, 0.1) is 33.9 Å². The summed E-state index contributed by atoms with van der Waals surface area (Å²) < 4.78 is 44.4. The molecule has 3 aromatic heterocycles. The Balaban J connectivity index is 1.68. The zero-order valence-corrected chi connectivity index (χ0v) is 22.1. The van der Waals surface area contributed by atoms with Crippen molar-refractivity contribution in [1.29, 1.82) is 0 Å². The van der Waals surface area contributed by atoms with Gasteiger partial charge in [-0.25, -0.2) is 24.8 Å². The van der Waals surface area contributed by atoms with E-state index >= 15 is 0 Å². The van der Waals surface area contributed by atoms with Crippen molar-refractivity contribution in [2.75, 3.05) is 11.7 Å². The summed E-state index contributed by atoms with van der Waals surface area (Å²) in [6.07, 6.45) is 2.65. The predicted molar refractivity (Wildman–Crippen MR) is 145 cm³/mol. The number of nitrogens with one attached hydrogen (secondary N) is 2. The Bertz CT molecular complexity index is 1700. The minimum Gasteiger partial charge on any atom is -0.336 e. The summed E-state index contributed by atoms with van der Waals surface area (Å²) in [4.78, 5) is 17.3. The average molecular weight is 555 g/mol. The first kappa shape index (κ1) is 25.8. The largest absolute Gasteiger partial charge is 0.336 e. The van der Waals surface area contributed by atoms with Gasteiger partial charge < -0.3 is 4.98 Å². The highest BCUT2D eigenvalue weighted by atomic mass is 35.5. The fraction of sp³-hybridized carbons (Fsp3) is 0.192. The van der Waals surface area contributed by atoms with E-state index in [1.165, 1.54) is 12.1 Å². The maximum absolute atomic E-state index is 14.8. The van der Waals surface area contributed by atoms with Gasteiger partial charge in [0.25, 0.3) is 10.1 Å². The van der Waals surface area contributed by atoms with Crippen LogP contribution in [0.3, 0.4) is 0 Å². The lowest BCUT2D eigenvalue weighted by Crippen LogP contribution is -2.13. The van der Waals surface area contributed by atoms with Crippen molar-refractivity contribution in [3.8, 4) is 34.0 Å². The van der Waals surface area contributed by atoms with Crippen molar-refractivity contribution in [3.05, 3.63) is 71.5 Å². The van der Waals surface area contributed by atoms with Crippen LogP contribution >= 0.6 is 11.6 Å². The van der Waals surface area contributed by atoms with E-state index in [9.17, 15) is 12.8 Å². The highest BCUT2D eigenvalue weighted by Gasteiger charge is 2.21. The molecule has 0 aliphatic rings. The van der Waals surface area contributed by atoms with E-state index in [0.29, 0.717) is 34.8 Å². The van der Waals surface area contributed by atoms with Crippen LogP contribution in [0.5, 0.6) is 0 Å². The third-order valence-electron chi connectivity index (χ3n) is 5.82. The lowest BCUT2D eigenvalue weighted by Gasteiger charge is -2.09. The topological polar surface area (TPSA) is 115 Å². The first-order valence-corrected chi connectivity index (χ1v) is 14.1. The number of anilines is 1. The van der Waals surface area contributed by atoms with Crippen LogP contribution < -0.4 is 5.48 Å². The van der Waals surface area contributed by atoms with Gasteiger partial charge in [-0.15, -0.1) is 4.28 Å². The van der Waals surface area contributed by atoms with E-state index in [2.05, 4.69) is 15.4 Å². The summed E-state index contributed by atoms with van der Waals surface area (Å²) >= 11 is 6.34. The number of halogens is 2. The number of rotatable bonds is 9. The van der Waals surface area contributed by atoms with Crippen LogP contribution in [0.25, 0.3) is 45.2 Å². The van der Waals surface area contributed by atoms with Crippen LogP contribution in [0.4, 0.5) is 10.3 Å². The third-order valence-corrected chi connectivity index (χ3v) is 6.52. The van der Waals surface area contributed by atoms with Crippen LogP contribution in [-0.4, -0.2) is 39.2 Å². The molecule has 5 aromatic rings. The highest BCUT2D eigenvalue weighted by Crippen LogP contribution is 2.36. The van der Waals surface area contributed by atoms with Gasteiger partial charge >= 0.3 is 0 Å². The molecule has 0 fully saturated rings. The molecule has 38 heavy (non-hydrogen) atoms. The normalized spacial score (nSPS) is 11.8. The van der Waals surface area contributed by atoms with Gasteiger partial charge in [-0.05, 0) is 30.7 Å². The minimum absolute atomic E-state index is 0.163. The number of hydrogen-bond donors (Lipinski definition) is 2. The molecule has 196 valence electrons. The van der Waals surface area contributed by atoms with Gasteiger partial charge in [-0.3, -0.25) is 4.57 Å². The van der Waals surface area contributed by atoms with Crippen molar-refractivity contribution in [3.63, 3.8) is 0 Å². The Morgan fingerprint density at radius 2 is 1.84 bits per heavy atom. The number of H-pyrrole nitrogens is 1. The van der Waals surface area contributed by atoms with Crippen LogP contribution in [0.2, 0.25) is 5.02 Å². The van der Waals surface area contributed by atoms with Crippen molar-refractivity contribution in [2.45, 2.75) is 26.3 Å². The molecular formula is C26H24ClFN6O3S. The number of imidazole rings is 2. The molecule has 0 saturated carbocycles. The van der Waals surface area contributed by atoms with Crippen LogP contribution in [0, 0.1) is 5.82 Å². The molecule has 3 heterocycles. The number of aryl methyl sites for hydroxylation is 1. The Morgan fingerprint density at radius 1 is 1.05 bits per heavy atom.